The number of hydrogen-bond acceptors (Lipinski definition) is 4. The highest BCUT2D eigenvalue weighted by atomic mass is 19.4. The molecule has 0 aliphatic rings. The van der Waals surface area contributed by atoms with Gasteiger partial charge >= 0.3 is 12.1 Å². The van der Waals surface area contributed by atoms with Crippen molar-refractivity contribution in [1.82, 2.24) is 5.32 Å². The van der Waals surface area contributed by atoms with Gasteiger partial charge in [-0.2, -0.15) is 13.2 Å². The van der Waals surface area contributed by atoms with Gasteiger partial charge in [0.2, 0.25) is 0 Å². The maximum absolute atomic E-state index is 12.8. The minimum absolute atomic E-state index is 0.0611. The number of rotatable bonds is 12. The van der Waals surface area contributed by atoms with Crippen molar-refractivity contribution in [3.05, 3.63) is 76.2 Å². The molecule has 5 nitrogen and oxygen atoms in total. The molecule has 0 fully saturated rings. The molecule has 1 atom stereocenters. The second-order valence-corrected chi connectivity index (χ2v) is 8.10. The van der Waals surface area contributed by atoms with Gasteiger partial charge in [0, 0.05) is 19.2 Å². The summed E-state index contributed by atoms with van der Waals surface area (Å²) in [5.41, 5.74) is 2.56. The Kier molecular flexibility index (Phi) is 9.83. The lowest BCUT2D eigenvalue weighted by Gasteiger charge is -2.25. The van der Waals surface area contributed by atoms with Gasteiger partial charge in [-0.25, -0.2) is 0 Å². The predicted octanol–water partition coefficient (Wildman–Crippen LogP) is 6.25. The first-order chi connectivity index (χ1) is 16.0. The molecule has 2 rings (SSSR count). The number of carboxylic acid groups (broad SMARTS) is 1. The van der Waals surface area contributed by atoms with E-state index < -0.39 is 23.8 Å². The highest BCUT2D eigenvalue weighted by Gasteiger charge is 2.30. The fraction of sp³-hybridized carbons (Fsp3) is 0.423. The van der Waals surface area contributed by atoms with Crippen molar-refractivity contribution in [1.29, 1.82) is 0 Å². The smallest absolute Gasteiger partial charge is 0.416 e. The third-order valence-electron chi connectivity index (χ3n) is 5.46. The van der Waals surface area contributed by atoms with Crippen LogP contribution < -0.4 is 10.1 Å². The molecule has 0 radical (unpaired) electrons. The van der Waals surface area contributed by atoms with Gasteiger partial charge in [-0.3, -0.25) is 4.79 Å². The van der Waals surface area contributed by atoms with Gasteiger partial charge in [0.25, 0.3) is 0 Å². The topological polar surface area (TPSA) is 67.8 Å². The van der Waals surface area contributed by atoms with Crippen molar-refractivity contribution in [2.45, 2.75) is 65.3 Å². The fourth-order valence-corrected chi connectivity index (χ4v) is 3.45. The van der Waals surface area contributed by atoms with E-state index in [1.54, 1.807) is 7.05 Å². The normalized spacial score (nSPS) is 13.1. The molecule has 34 heavy (non-hydrogen) atoms. The molecule has 0 aliphatic heterocycles. The molecule has 0 saturated heterocycles. The van der Waals surface area contributed by atoms with E-state index in [4.69, 9.17) is 14.6 Å². The van der Waals surface area contributed by atoms with Crippen molar-refractivity contribution in [2.24, 2.45) is 0 Å². The molecule has 0 aromatic heterocycles. The molecular formula is C26H32F3NO4. The Morgan fingerprint density at radius 2 is 1.82 bits per heavy atom. The summed E-state index contributed by atoms with van der Waals surface area (Å²) in [7, 11) is 1.77. The Bertz CT molecular complexity index is 985. The van der Waals surface area contributed by atoms with Crippen LogP contribution in [0.2, 0.25) is 0 Å². The predicted molar refractivity (Wildman–Crippen MR) is 124 cm³/mol. The maximum Gasteiger partial charge on any atom is 0.416 e. The van der Waals surface area contributed by atoms with Crippen LogP contribution in [0.25, 0.3) is 0 Å². The Morgan fingerprint density at radius 3 is 2.35 bits per heavy atom. The first-order valence-electron chi connectivity index (χ1n) is 11.2. The summed E-state index contributed by atoms with van der Waals surface area (Å²) in [5, 5.41) is 12.0. The average molecular weight is 480 g/mol. The Balaban J connectivity index is 2.18. The van der Waals surface area contributed by atoms with Gasteiger partial charge in [-0.15, -0.1) is 0 Å². The van der Waals surface area contributed by atoms with Crippen LogP contribution in [0.15, 0.2) is 53.9 Å². The molecule has 8 heteroatoms. The molecule has 2 aromatic rings. The first kappa shape index (κ1) is 27.1. The summed E-state index contributed by atoms with van der Waals surface area (Å²) in [5.74, 6) is 0.372. The van der Waals surface area contributed by atoms with E-state index >= 15 is 0 Å². The van der Waals surface area contributed by atoms with E-state index in [1.165, 1.54) is 12.1 Å². The second kappa shape index (κ2) is 12.3. The number of carboxylic acids is 1. The number of nitrogens with one attached hydrogen (secondary N) is 1. The molecule has 1 unspecified atom stereocenters. The van der Waals surface area contributed by atoms with Gasteiger partial charge in [-0.05, 0) is 67.6 Å². The molecule has 0 bridgehead atoms. The minimum Gasteiger partial charge on any atom is -0.487 e. The average Bonchev–Trinajstić information content (AvgIpc) is 2.78. The van der Waals surface area contributed by atoms with Crippen LogP contribution >= 0.6 is 0 Å². The molecule has 186 valence electrons. The fourth-order valence-electron chi connectivity index (χ4n) is 3.45. The van der Waals surface area contributed by atoms with Gasteiger partial charge in [0.15, 0.2) is 11.9 Å². The Hall–Kier alpha value is -3.16. The summed E-state index contributed by atoms with van der Waals surface area (Å²) in [4.78, 5) is 10.9. The number of hydrogen-bond donors (Lipinski definition) is 2. The van der Waals surface area contributed by atoms with Crippen LogP contribution in [0.4, 0.5) is 13.2 Å². The number of allylic oxidation sites excluding steroid dienone is 1. The van der Waals surface area contributed by atoms with Crippen molar-refractivity contribution in [2.75, 3.05) is 7.05 Å². The minimum atomic E-state index is -4.38. The Morgan fingerprint density at radius 1 is 1.15 bits per heavy atom. The molecule has 0 amide bonds. The van der Waals surface area contributed by atoms with Crippen molar-refractivity contribution in [3.63, 3.8) is 0 Å². The number of halogens is 3. The molecule has 0 saturated carbocycles. The highest BCUT2D eigenvalue weighted by molar-refractivity contribution is 5.67. The number of aryl methyl sites for hydroxylation is 2. The number of benzene rings is 2. The lowest BCUT2D eigenvalue weighted by Crippen LogP contribution is -2.25. The van der Waals surface area contributed by atoms with Crippen LogP contribution in [-0.2, 0) is 28.7 Å². The summed E-state index contributed by atoms with van der Waals surface area (Å²) >= 11 is 0. The highest BCUT2D eigenvalue weighted by Crippen LogP contribution is 2.30. The Labute approximate surface area is 198 Å². The van der Waals surface area contributed by atoms with Crippen LogP contribution in [0.5, 0.6) is 5.75 Å². The third kappa shape index (κ3) is 8.01. The molecular weight excluding hydrogens is 447 g/mol. The van der Waals surface area contributed by atoms with E-state index in [9.17, 15) is 18.0 Å². The van der Waals surface area contributed by atoms with Gasteiger partial charge in [0.05, 0.1) is 5.56 Å². The van der Waals surface area contributed by atoms with Crippen molar-refractivity contribution >= 4 is 5.97 Å². The summed E-state index contributed by atoms with van der Waals surface area (Å²) in [6, 6.07) is 10.5. The summed E-state index contributed by atoms with van der Waals surface area (Å²) < 4.78 is 50.8. The number of carbonyl (C=O) groups is 1. The van der Waals surface area contributed by atoms with Crippen molar-refractivity contribution in [3.8, 4) is 5.75 Å². The third-order valence-corrected chi connectivity index (χ3v) is 5.46. The summed E-state index contributed by atoms with van der Waals surface area (Å²) in [6.45, 7) is 5.89. The zero-order valence-electron chi connectivity index (χ0n) is 20.0. The van der Waals surface area contributed by atoms with Crippen LogP contribution in [-0.4, -0.2) is 24.2 Å². The molecule has 2 N–H and O–H groups in total. The molecule has 0 aliphatic carbocycles. The lowest BCUT2D eigenvalue weighted by molar-refractivity contribution is -0.138. The van der Waals surface area contributed by atoms with Gasteiger partial charge in [0.1, 0.15) is 12.4 Å². The van der Waals surface area contributed by atoms with Crippen LogP contribution in [0.3, 0.4) is 0 Å². The zero-order valence-corrected chi connectivity index (χ0v) is 20.0. The van der Waals surface area contributed by atoms with E-state index in [0.29, 0.717) is 29.9 Å². The van der Waals surface area contributed by atoms with Gasteiger partial charge < -0.3 is 19.9 Å². The van der Waals surface area contributed by atoms with E-state index in [1.807, 2.05) is 39.0 Å². The first-order valence-corrected chi connectivity index (χ1v) is 11.2. The van der Waals surface area contributed by atoms with E-state index in [0.717, 1.165) is 35.4 Å². The molecule has 0 spiro atoms. The van der Waals surface area contributed by atoms with Crippen molar-refractivity contribution < 1.29 is 32.5 Å². The monoisotopic (exact) mass is 479 g/mol. The standard InChI is InChI=1S/C26H32F3NO4/c1-5-6-23(34-22-13-9-20(17(2)15-22)10-14-24(31)32)25(18(3)30-4)33-16-19-7-11-21(12-8-19)26(27,28)29/h7-9,11-13,15,23,30H,5-6,10,14,16H2,1-4H3,(H,31,32)/b25-18-. The molecule has 0 heterocycles. The SMILES string of the molecule is CCCC(Oc1ccc(CCC(=O)O)c(C)c1)/C(OCc1ccc(C(F)(F)F)cc1)=C(\C)NC. The van der Waals surface area contributed by atoms with Crippen LogP contribution in [0, 0.1) is 6.92 Å². The number of alkyl halides is 3. The largest absolute Gasteiger partial charge is 0.487 e. The van der Waals surface area contributed by atoms with E-state index in [2.05, 4.69) is 5.32 Å². The maximum atomic E-state index is 12.8. The lowest BCUT2D eigenvalue weighted by atomic mass is 10.0. The molecule has 2 aromatic carbocycles. The summed E-state index contributed by atoms with van der Waals surface area (Å²) in [6.07, 6.45) is -2.79. The quantitative estimate of drug-likeness (QED) is 0.353. The zero-order chi connectivity index (χ0) is 25.3. The number of ether oxygens (including phenoxy) is 2. The van der Waals surface area contributed by atoms with E-state index in [-0.39, 0.29) is 13.0 Å². The van der Waals surface area contributed by atoms with Crippen LogP contribution in [0.1, 0.15) is 55.4 Å². The number of aliphatic carboxylic acids is 1. The van der Waals surface area contributed by atoms with Gasteiger partial charge in [-0.1, -0.05) is 31.5 Å². The second-order valence-electron chi connectivity index (χ2n) is 8.10.